The van der Waals surface area contributed by atoms with Crippen molar-refractivity contribution in [1.82, 2.24) is 4.98 Å². The molecule has 1 heterocycles. The van der Waals surface area contributed by atoms with Gasteiger partial charge in [0.15, 0.2) is 0 Å². The highest BCUT2D eigenvalue weighted by Gasteiger charge is 2.22. The van der Waals surface area contributed by atoms with Crippen LogP contribution in [-0.4, -0.2) is 22.0 Å². The zero-order chi connectivity index (χ0) is 12.3. The predicted molar refractivity (Wildman–Crippen MR) is 62.4 cm³/mol. The molecule has 3 N–H and O–H groups in total. The van der Waals surface area contributed by atoms with Crippen LogP contribution in [0.5, 0.6) is 0 Å². The van der Waals surface area contributed by atoms with E-state index in [-0.39, 0.29) is 11.5 Å². The summed E-state index contributed by atoms with van der Waals surface area (Å²) in [6.07, 6.45) is 0. The second-order valence-corrected chi connectivity index (χ2v) is 4.29. The lowest BCUT2D eigenvalue weighted by Gasteiger charge is -2.24. The van der Waals surface area contributed by atoms with Crippen LogP contribution in [0.25, 0.3) is 0 Å². The maximum atomic E-state index is 10.8. The third-order valence-electron chi connectivity index (χ3n) is 2.18. The van der Waals surface area contributed by atoms with Crippen LogP contribution >= 0.6 is 0 Å². The highest BCUT2D eigenvalue weighted by molar-refractivity contribution is 5.57. The van der Waals surface area contributed by atoms with Crippen molar-refractivity contribution < 1.29 is 4.92 Å². The molecule has 0 saturated heterocycles. The average molecular weight is 224 g/mol. The molecular formula is C10H16N4O2. The summed E-state index contributed by atoms with van der Waals surface area (Å²) in [4.78, 5) is 14.5. The number of anilines is 1. The van der Waals surface area contributed by atoms with E-state index in [0.717, 1.165) is 5.69 Å². The van der Waals surface area contributed by atoms with E-state index in [1.807, 2.05) is 13.8 Å². The summed E-state index contributed by atoms with van der Waals surface area (Å²) in [6.45, 7) is 5.87. The first-order valence-corrected chi connectivity index (χ1v) is 4.96. The van der Waals surface area contributed by atoms with E-state index < -0.39 is 10.5 Å². The number of aryl methyl sites for hydroxylation is 1. The lowest BCUT2D eigenvalue weighted by molar-refractivity contribution is -0.384. The minimum absolute atomic E-state index is 0.0351. The summed E-state index contributed by atoms with van der Waals surface area (Å²) in [5.41, 5.74) is 5.82. The van der Waals surface area contributed by atoms with E-state index in [2.05, 4.69) is 10.3 Å². The van der Waals surface area contributed by atoms with Crippen LogP contribution < -0.4 is 11.1 Å². The van der Waals surface area contributed by atoms with Crippen molar-refractivity contribution in [3.8, 4) is 0 Å². The van der Waals surface area contributed by atoms with Gasteiger partial charge in [-0.05, 0) is 26.8 Å². The molecule has 1 rings (SSSR count). The molecule has 88 valence electrons. The standard InChI is InChI=1S/C10H16N4O2/c1-7-4-5-8(14(15)16)9(12-7)13-10(2,3)6-11/h4-5H,6,11H2,1-3H3,(H,12,13). The Bertz CT molecular complexity index is 404. The lowest BCUT2D eigenvalue weighted by Crippen LogP contribution is -2.39. The topological polar surface area (TPSA) is 94.1 Å². The first kappa shape index (κ1) is 12.4. The first-order chi connectivity index (χ1) is 7.35. The molecule has 0 unspecified atom stereocenters. The van der Waals surface area contributed by atoms with Crippen molar-refractivity contribution in [3.63, 3.8) is 0 Å². The van der Waals surface area contributed by atoms with Gasteiger partial charge in [-0.1, -0.05) is 0 Å². The Kier molecular flexibility index (Phi) is 3.44. The van der Waals surface area contributed by atoms with Gasteiger partial charge in [0, 0.05) is 23.8 Å². The number of nitrogens with one attached hydrogen (secondary N) is 1. The number of hydrogen-bond donors (Lipinski definition) is 2. The molecule has 0 fully saturated rings. The molecule has 16 heavy (non-hydrogen) atoms. The van der Waals surface area contributed by atoms with Gasteiger partial charge >= 0.3 is 5.69 Å². The van der Waals surface area contributed by atoms with Crippen molar-refractivity contribution in [2.75, 3.05) is 11.9 Å². The summed E-state index contributed by atoms with van der Waals surface area (Å²) < 4.78 is 0. The molecule has 1 aromatic rings. The average Bonchev–Trinajstić information content (AvgIpc) is 2.16. The van der Waals surface area contributed by atoms with Gasteiger partial charge in [0.2, 0.25) is 5.82 Å². The Labute approximate surface area is 94.0 Å². The maximum absolute atomic E-state index is 10.8. The van der Waals surface area contributed by atoms with Gasteiger partial charge < -0.3 is 11.1 Å². The van der Waals surface area contributed by atoms with E-state index in [9.17, 15) is 10.1 Å². The number of nitrogens with two attached hydrogens (primary N) is 1. The monoisotopic (exact) mass is 224 g/mol. The number of rotatable bonds is 4. The van der Waals surface area contributed by atoms with Crippen LogP contribution in [0.15, 0.2) is 12.1 Å². The van der Waals surface area contributed by atoms with Crippen molar-refractivity contribution in [1.29, 1.82) is 0 Å². The fraction of sp³-hybridized carbons (Fsp3) is 0.500. The van der Waals surface area contributed by atoms with Crippen LogP contribution in [-0.2, 0) is 0 Å². The fourth-order valence-electron chi connectivity index (χ4n) is 1.16. The fourth-order valence-corrected chi connectivity index (χ4v) is 1.16. The van der Waals surface area contributed by atoms with Gasteiger partial charge in [-0.15, -0.1) is 0 Å². The van der Waals surface area contributed by atoms with Crippen LogP contribution in [0.4, 0.5) is 11.5 Å². The molecule has 0 amide bonds. The molecule has 0 saturated carbocycles. The van der Waals surface area contributed by atoms with E-state index in [1.54, 1.807) is 13.0 Å². The van der Waals surface area contributed by atoms with E-state index in [4.69, 9.17) is 5.73 Å². The quantitative estimate of drug-likeness (QED) is 0.596. The van der Waals surface area contributed by atoms with Gasteiger partial charge in [-0.3, -0.25) is 10.1 Å². The Balaban J connectivity index is 3.10. The van der Waals surface area contributed by atoms with Crippen molar-refractivity contribution in [2.45, 2.75) is 26.3 Å². The molecule has 0 aliphatic heterocycles. The summed E-state index contributed by atoms with van der Waals surface area (Å²) in [7, 11) is 0. The molecule has 1 aromatic heterocycles. The SMILES string of the molecule is Cc1ccc([N+](=O)[O-])c(NC(C)(C)CN)n1. The van der Waals surface area contributed by atoms with Crippen molar-refractivity contribution in [2.24, 2.45) is 5.73 Å². The van der Waals surface area contributed by atoms with E-state index in [0.29, 0.717) is 6.54 Å². The summed E-state index contributed by atoms with van der Waals surface area (Å²) in [5, 5.41) is 13.8. The van der Waals surface area contributed by atoms with Crippen LogP contribution in [0.2, 0.25) is 0 Å². The minimum Gasteiger partial charge on any atom is -0.358 e. The third-order valence-corrected chi connectivity index (χ3v) is 2.18. The Morgan fingerprint density at radius 1 is 1.56 bits per heavy atom. The van der Waals surface area contributed by atoms with Gasteiger partial charge in [-0.2, -0.15) is 0 Å². The molecule has 0 spiro atoms. The van der Waals surface area contributed by atoms with Gasteiger partial charge in [0.1, 0.15) is 0 Å². The van der Waals surface area contributed by atoms with Crippen LogP contribution in [0, 0.1) is 17.0 Å². The molecule has 6 heteroatoms. The van der Waals surface area contributed by atoms with E-state index >= 15 is 0 Å². The predicted octanol–water partition coefficient (Wildman–Crippen LogP) is 1.45. The Hall–Kier alpha value is -1.69. The molecular weight excluding hydrogens is 208 g/mol. The zero-order valence-electron chi connectivity index (χ0n) is 9.65. The van der Waals surface area contributed by atoms with Crippen LogP contribution in [0.1, 0.15) is 19.5 Å². The smallest absolute Gasteiger partial charge is 0.311 e. The van der Waals surface area contributed by atoms with Crippen LogP contribution in [0.3, 0.4) is 0 Å². The molecule has 0 aromatic carbocycles. The molecule has 0 aliphatic carbocycles. The summed E-state index contributed by atoms with van der Waals surface area (Å²) >= 11 is 0. The zero-order valence-corrected chi connectivity index (χ0v) is 9.65. The van der Waals surface area contributed by atoms with E-state index in [1.165, 1.54) is 6.07 Å². The minimum atomic E-state index is -0.457. The number of nitrogens with zero attached hydrogens (tertiary/aromatic N) is 2. The highest BCUT2D eigenvalue weighted by atomic mass is 16.6. The molecule has 6 nitrogen and oxygen atoms in total. The summed E-state index contributed by atoms with van der Waals surface area (Å²) in [6, 6.07) is 3.05. The van der Waals surface area contributed by atoms with Gasteiger partial charge in [0.25, 0.3) is 0 Å². The van der Waals surface area contributed by atoms with Gasteiger partial charge in [-0.25, -0.2) is 4.98 Å². The second-order valence-electron chi connectivity index (χ2n) is 4.29. The Morgan fingerprint density at radius 3 is 2.69 bits per heavy atom. The lowest BCUT2D eigenvalue weighted by atomic mass is 10.1. The normalized spacial score (nSPS) is 11.2. The molecule has 0 atom stereocenters. The van der Waals surface area contributed by atoms with Crippen molar-refractivity contribution in [3.05, 3.63) is 27.9 Å². The third kappa shape index (κ3) is 2.90. The number of aromatic nitrogens is 1. The highest BCUT2D eigenvalue weighted by Crippen LogP contribution is 2.24. The maximum Gasteiger partial charge on any atom is 0.311 e. The van der Waals surface area contributed by atoms with Gasteiger partial charge in [0.05, 0.1) is 4.92 Å². The second kappa shape index (κ2) is 4.44. The summed E-state index contributed by atoms with van der Waals surface area (Å²) in [5.74, 6) is 0.264. The number of nitro groups is 1. The van der Waals surface area contributed by atoms with Crippen molar-refractivity contribution >= 4 is 11.5 Å². The molecule has 0 aliphatic rings. The molecule has 0 bridgehead atoms. The Morgan fingerprint density at radius 2 is 2.19 bits per heavy atom. The number of pyridine rings is 1. The largest absolute Gasteiger partial charge is 0.358 e. The molecule has 0 radical (unpaired) electrons. The number of hydrogen-bond acceptors (Lipinski definition) is 5. The first-order valence-electron chi connectivity index (χ1n) is 4.96.